The van der Waals surface area contributed by atoms with Gasteiger partial charge in [0, 0.05) is 42.5 Å². The van der Waals surface area contributed by atoms with E-state index in [1.165, 1.54) is 12.1 Å². The molecule has 0 saturated carbocycles. The highest BCUT2D eigenvalue weighted by atomic mass is 19.4. The van der Waals surface area contributed by atoms with Gasteiger partial charge in [-0.25, -0.2) is 0 Å². The molecular formula is C24H21F3N2O2. The molecule has 0 unspecified atom stereocenters. The predicted molar refractivity (Wildman–Crippen MR) is 111 cm³/mol. The maximum Gasteiger partial charge on any atom is 0.416 e. The van der Waals surface area contributed by atoms with Gasteiger partial charge in [-0.15, -0.1) is 0 Å². The maximum atomic E-state index is 12.9. The summed E-state index contributed by atoms with van der Waals surface area (Å²) in [5.41, 5.74) is 0.188. The smallest absolute Gasteiger partial charge is 0.416 e. The Morgan fingerprint density at radius 3 is 2.32 bits per heavy atom. The van der Waals surface area contributed by atoms with E-state index >= 15 is 0 Å². The van der Waals surface area contributed by atoms with Crippen LogP contribution < -0.4 is 4.74 Å². The zero-order valence-electron chi connectivity index (χ0n) is 16.9. The van der Waals surface area contributed by atoms with Crippen LogP contribution in [0.15, 0.2) is 60.7 Å². The molecule has 1 amide bonds. The molecule has 2 fully saturated rings. The summed E-state index contributed by atoms with van der Waals surface area (Å²) >= 11 is 0. The van der Waals surface area contributed by atoms with Gasteiger partial charge >= 0.3 is 6.18 Å². The van der Waals surface area contributed by atoms with Crippen molar-refractivity contribution in [3.8, 4) is 11.5 Å². The zero-order valence-corrected chi connectivity index (χ0v) is 16.9. The molecule has 0 N–H and O–H groups in total. The van der Waals surface area contributed by atoms with Crippen LogP contribution in [0.2, 0.25) is 0 Å². The molecule has 3 aromatic carbocycles. The Balaban J connectivity index is 1.34. The minimum atomic E-state index is -4.38. The van der Waals surface area contributed by atoms with Gasteiger partial charge in [0.05, 0.1) is 5.56 Å². The Morgan fingerprint density at radius 1 is 0.968 bits per heavy atom. The number of carbonyl (C=O) groups excluding carboxylic acids is 1. The molecule has 2 aliphatic heterocycles. The van der Waals surface area contributed by atoms with Crippen molar-refractivity contribution >= 4 is 16.7 Å². The average molecular weight is 426 g/mol. The molecule has 0 bridgehead atoms. The summed E-state index contributed by atoms with van der Waals surface area (Å²) in [7, 11) is 2.09. The van der Waals surface area contributed by atoms with Crippen molar-refractivity contribution in [2.24, 2.45) is 5.41 Å². The third kappa shape index (κ3) is 3.63. The van der Waals surface area contributed by atoms with Crippen LogP contribution >= 0.6 is 0 Å². The Bertz CT molecular complexity index is 1140. The van der Waals surface area contributed by atoms with Gasteiger partial charge in [0.1, 0.15) is 11.5 Å². The summed E-state index contributed by atoms with van der Waals surface area (Å²) in [6, 6.07) is 15.5. The van der Waals surface area contributed by atoms with Crippen LogP contribution in [-0.4, -0.2) is 48.9 Å². The van der Waals surface area contributed by atoms with E-state index in [9.17, 15) is 18.0 Å². The number of ether oxygens (including phenoxy) is 1. The predicted octanol–water partition coefficient (Wildman–Crippen LogP) is 5.04. The van der Waals surface area contributed by atoms with E-state index in [-0.39, 0.29) is 11.3 Å². The molecule has 1 spiro atoms. The van der Waals surface area contributed by atoms with Gasteiger partial charge in [-0.3, -0.25) is 4.79 Å². The lowest BCUT2D eigenvalue weighted by Gasteiger charge is -2.59. The SMILES string of the molecule is CN1CC2(C1)CN(C(=O)c1ccc3c(Oc4ccc(C(F)(F)F)cc4)cccc3c1)C2. The third-order valence-corrected chi connectivity index (χ3v) is 6.05. The fourth-order valence-corrected chi connectivity index (χ4v) is 4.70. The first-order valence-corrected chi connectivity index (χ1v) is 10.1. The van der Waals surface area contributed by atoms with Gasteiger partial charge in [-0.2, -0.15) is 13.2 Å². The van der Waals surface area contributed by atoms with E-state index in [2.05, 4.69) is 11.9 Å². The number of likely N-dealkylation sites (tertiary alicyclic amines) is 2. The summed E-state index contributed by atoms with van der Waals surface area (Å²) in [6.45, 7) is 3.68. The largest absolute Gasteiger partial charge is 0.457 e. The number of benzene rings is 3. The number of carbonyl (C=O) groups is 1. The number of nitrogens with zero attached hydrogens (tertiary/aromatic N) is 2. The Labute approximate surface area is 177 Å². The Morgan fingerprint density at radius 2 is 1.68 bits per heavy atom. The number of amides is 1. The third-order valence-electron chi connectivity index (χ3n) is 6.05. The summed E-state index contributed by atoms with van der Waals surface area (Å²) in [4.78, 5) is 17.0. The molecule has 160 valence electrons. The molecule has 5 rings (SSSR count). The van der Waals surface area contributed by atoms with Crippen LogP contribution in [0.1, 0.15) is 15.9 Å². The summed E-state index contributed by atoms with van der Waals surface area (Å²) in [6.07, 6.45) is -4.38. The molecule has 3 aromatic rings. The van der Waals surface area contributed by atoms with E-state index in [0.29, 0.717) is 17.1 Å². The van der Waals surface area contributed by atoms with Gasteiger partial charge in [0.15, 0.2) is 0 Å². The molecule has 2 heterocycles. The normalized spacial score (nSPS) is 18.0. The minimum absolute atomic E-state index is 0.0242. The highest BCUT2D eigenvalue weighted by molar-refractivity contribution is 6.00. The molecule has 0 aromatic heterocycles. The molecule has 0 atom stereocenters. The lowest BCUT2D eigenvalue weighted by molar-refractivity contribution is -0.137. The zero-order chi connectivity index (χ0) is 21.8. The van der Waals surface area contributed by atoms with E-state index in [1.807, 2.05) is 23.1 Å². The van der Waals surface area contributed by atoms with Crippen molar-refractivity contribution in [3.63, 3.8) is 0 Å². The van der Waals surface area contributed by atoms with Crippen LogP contribution in [0.4, 0.5) is 13.2 Å². The molecule has 0 radical (unpaired) electrons. The quantitative estimate of drug-likeness (QED) is 0.588. The summed E-state index contributed by atoms with van der Waals surface area (Å²) in [5, 5.41) is 1.63. The van der Waals surface area contributed by atoms with Crippen LogP contribution in [0.25, 0.3) is 10.8 Å². The number of alkyl halides is 3. The van der Waals surface area contributed by atoms with Crippen molar-refractivity contribution in [3.05, 3.63) is 71.8 Å². The fourth-order valence-electron chi connectivity index (χ4n) is 4.70. The topological polar surface area (TPSA) is 32.8 Å². The van der Waals surface area contributed by atoms with E-state index in [1.54, 1.807) is 18.2 Å². The first-order chi connectivity index (χ1) is 14.7. The van der Waals surface area contributed by atoms with E-state index in [4.69, 9.17) is 4.74 Å². The number of hydrogen-bond donors (Lipinski definition) is 0. The number of halogens is 3. The molecule has 31 heavy (non-hydrogen) atoms. The average Bonchev–Trinajstić information content (AvgIpc) is 2.68. The van der Waals surface area contributed by atoms with Gasteiger partial charge in [-0.05, 0) is 61.0 Å². The first-order valence-electron chi connectivity index (χ1n) is 10.1. The highest BCUT2D eigenvalue weighted by Crippen LogP contribution is 2.40. The molecule has 7 heteroatoms. The van der Waals surface area contributed by atoms with Crippen molar-refractivity contribution in [2.45, 2.75) is 6.18 Å². The Hall–Kier alpha value is -3.06. The van der Waals surface area contributed by atoms with Crippen molar-refractivity contribution < 1.29 is 22.7 Å². The Kier molecular flexibility index (Phi) is 4.48. The molecule has 4 nitrogen and oxygen atoms in total. The number of hydrogen-bond acceptors (Lipinski definition) is 3. The monoisotopic (exact) mass is 426 g/mol. The number of rotatable bonds is 3. The standard InChI is InChI=1S/C24H21F3N2O2/c1-28-12-23(13-28)14-29(15-23)22(30)17-5-10-20-16(11-17)3-2-4-21(20)31-19-8-6-18(7-9-19)24(25,26)27/h2-11H,12-15H2,1H3. The molecule has 2 aliphatic rings. The summed E-state index contributed by atoms with van der Waals surface area (Å²) < 4.78 is 44.1. The molecular weight excluding hydrogens is 405 g/mol. The van der Waals surface area contributed by atoms with Crippen molar-refractivity contribution in [1.29, 1.82) is 0 Å². The lowest BCUT2D eigenvalue weighted by Crippen LogP contribution is -2.71. The van der Waals surface area contributed by atoms with Gasteiger partial charge in [-0.1, -0.05) is 12.1 Å². The highest BCUT2D eigenvalue weighted by Gasteiger charge is 2.51. The van der Waals surface area contributed by atoms with Crippen LogP contribution in [-0.2, 0) is 6.18 Å². The molecule has 0 aliphatic carbocycles. The van der Waals surface area contributed by atoms with E-state index in [0.717, 1.165) is 49.1 Å². The second-order valence-electron chi connectivity index (χ2n) is 8.65. The fraction of sp³-hybridized carbons (Fsp3) is 0.292. The maximum absolute atomic E-state index is 12.9. The van der Waals surface area contributed by atoms with Crippen molar-refractivity contribution in [1.82, 2.24) is 9.80 Å². The minimum Gasteiger partial charge on any atom is -0.457 e. The number of fused-ring (bicyclic) bond motifs is 1. The van der Waals surface area contributed by atoms with Gasteiger partial charge < -0.3 is 14.5 Å². The van der Waals surface area contributed by atoms with Crippen molar-refractivity contribution in [2.75, 3.05) is 33.2 Å². The van der Waals surface area contributed by atoms with Crippen LogP contribution in [0.3, 0.4) is 0 Å². The van der Waals surface area contributed by atoms with Crippen LogP contribution in [0, 0.1) is 5.41 Å². The second kappa shape index (κ2) is 6.99. The lowest BCUT2D eigenvalue weighted by atomic mass is 9.73. The van der Waals surface area contributed by atoms with Crippen LogP contribution in [0.5, 0.6) is 11.5 Å². The van der Waals surface area contributed by atoms with Gasteiger partial charge in [0.25, 0.3) is 5.91 Å². The summed E-state index contributed by atoms with van der Waals surface area (Å²) in [5.74, 6) is 0.866. The molecule has 2 saturated heterocycles. The first kappa shape index (κ1) is 19.9. The second-order valence-corrected chi connectivity index (χ2v) is 8.65. The van der Waals surface area contributed by atoms with Gasteiger partial charge in [0.2, 0.25) is 0 Å². The van der Waals surface area contributed by atoms with E-state index < -0.39 is 11.7 Å².